The molecular weight excluding hydrogens is 212 g/mol. The molecule has 1 aliphatic rings. The largest absolute Gasteiger partial charge is 0.488 e. The van der Waals surface area contributed by atoms with E-state index in [1.807, 2.05) is 0 Å². The molecule has 1 aliphatic carbocycles. The Balaban J connectivity index is 2.29. The van der Waals surface area contributed by atoms with E-state index < -0.39 is 0 Å². The fourth-order valence-electron chi connectivity index (χ4n) is 1.29. The van der Waals surface area contributed by atoms with Crippen molar-refractivity contribution in [1.29, 1.82) is 0 Å². The van der Waals surface area contributed by atoms with Gasteiger partial charge in [-0.05, 0) is 37.5 Å². The molecule has 0 amide bonds. The quantitative estimate of drug-likeness (QED) is 0.725. The highest BCUT2D eigenvalue weighted by Crippen LogP contribution is 2.39. The highest BCUT2D eigenvalue weighted by Gasteiger charge is 2.25. The standard InChI is InChI=1S/C11H14OS2/c1-13-9-4-3-5-10(14-2)11(9)12-8-6-7-8/h3-5,8H,6-7H2,1-2H3. The van der Waals surface area contributed by atoms with Crippen LogP contribution in [0.2, 0.25) is 0 Å². The number of para-hydroxylation sites is 1. The van der Waals surface area contributed by atoms with E-state index in [1.54, 1.807) is 23.5 Å². The summed E-state index contributed by atoms with van der Waals surface area (Å²) in [6, 6.07) is 6.35. The molecule has 1 aromatic carbocycles. The molecule has 1 aromatic rings. The number of thioether (sulfide) groups is 2. The molecule has 0 radical (unpaired) electrons. The summed E-state index contributed by atoms with van der Waals surface area (Å²) >= 11 is 3.51. The average Bonchev–Trinajstić information content (AvgIpc) is 3.02. The molecule has 0 saturated heterocycles. The number of benzene rings is 1. The number of hydrogen-bond acceptors (Lipinski definition) is 3. The molecule has 0 heterocycles. The molecule has 0 N–H and O–H groups in total. The van der Waals surface area contributed by atoms with Gasteiger partial charge >= 0.3 is 0 Å². The van der Waals surface area contributed by atoms with Crippen molar-refractivity contribution in [3.8, 4) is 5.75 Å². The van der Waals surface area contributed by atoms with Crippen molar-refractivity contribution >= 4 is 23.5 Å². The van der Waals surface area contributed by atoms with Crippen LogP contribution in [0.25, 0.3) is 0 Å². The predicted molar refractivity (Wildman–Crippen MR) is 63.7 cm³/mol. The lowest BCUT2D eigenvalue weighted by molar-refractivity contribution is 0.288. The minimum Gasteiger partial charge on any atom is -0.488 e. The normalized spacial score (nSPS) is 15.6. The molecule has 1 saturated carbocycles. The van der Waals surface area contributed by atoms with Crippen molar-refractivity contribution in [2.24, 2.45) is 0 Å². The number of rotatable bonds is 4. The summed E-state index contributed by atoms with van der Waals surface area (Å²) in [5.74, 6) is 1.09. The summed E-state index contributed by atoms with van der Waals surface area (Å²) in [4.78, 5) is 2.51. The summed E-state index contributed by atoms with van der Waals surface area (Å²) < 4.78 is 5.93. The van der Waals surface area contributed by atoms with Crippen molar-refractivity contribution in [3.63, 3.8) is 0 Å². The van der Waals surface area contributed by atoms with Crippen LogP contribution in [-0.2, 0) is 0 Å². The second-order valence-electron chi connectivity index (χ2n) is 3.31. The molecule has 3 heteroatoms. The van der Waals surface area contributed by atoms with E-state index in [1.165, 1.54) is 22.6 Å². The topological polar surface area (TPSA) is 9.23 Å². The van der Waals surface area contributed by atoms with Crippen molar-refractivity contribution in [2.45, 2.75) is 28.7 Å². The molecule has 76 valence electrons. The third kappa shape index (κ3) is 2.20. The van der Waals surface area contributed by atoms with Crippen LogP contribution >= 0.6 is 23.5 Å². The Labute approximate surface area is 93.6 Å². The molecule has 0 aromatic heterocycles. The van der Waals surface area contributed by atoms with E-state index in [2.05, 4.69) is 30.7 Å². The molecule has 1 fully saturated rings. The molecule has 0 bridgehead atoms. The van der Waals surface area contributed by atoms with Crippen LogP contribution < -0.4 is 4.74 Å². The maximum Gasteiger partial charge on any atom is 0.146 e. The van der Waals surface area contributed by atoms with Crippen LogP contribution in [-0.4, -0.2) is 18.6 Å². The highest BCUT2D eigenvalue weighted by atomic mass is 32.2. The molecule has 0 spiro atoms. The molecule has 0 unspecified atom stereocenters. The molecule has 14 heavy (non-hydrogen) atoms. The highest BCUT2D eigenvalue weighted by molar-refractivity contribution is 7.99. The van der Waals surface area contributed by atoms with Gasteiger partial charge in [0.1, 0.15) is 5.75 Å². The van der Waals surface area contributed by atoms with Gasteiger partial charge in [-0.15, -0.1) is 23.5 Å². The van der Waals surface area contributed by atoms with Crippen LogP contribution in [0, 0.1) is 0 Å². The Bertz CT molecular complexity index is 299. The maximum atomic E-state index is 5.93. The monoisotopic (exact) mass is 226 g/mol. The first-order valence-corrected chi connectivity index (χ1v) is 7.17. The van der Waals surface area contributed by atoms with Crippen LogP contribution in [0.3, 0.4) is 0 Å². The summed E-state index contributed by atoms with van der Waals surface area (Å²) in [6.07, 6.45) is 7.11. The van der Waals surface area contributed by atoms with Gasteiger partial charge in [0.05, 0.1) is 15.9 Å². The lowest BCUT2D eigenvalue weighted by atomic mass is 10.3. The first-order valence-electron chi connectivity index (χ1n) is 4.73. The number of ether oxygens (including phenoxy) is 1. The van der Waals surface area contributed by atoms with Crippen molar-refractivity contribution in [1.82, 2.24) is 0 Å². The zero-order chi connectivity index (χ0) is 9.97. The molecule has 1 nitrogen and oxygen atoms in total. The second-order valence-corrected chi connectivity index (χ2v) is 5.01. The minimum atomic E-state index is 0.481. The third-order valence-electron chi connectivity index (χ3n) is 2.19. The van der Waals surface area contributed by atoms with Crippen LogP contribution in [0.4, 0.5) is 0 Å². The Morgan fingerprint density at radius 3 is 2.14 bits per heavy atom. The Morgan fingerprint density at radius 1 is 1.14 bits per heavy atom. The van der Waals surface area contributed by atoms with E-state index in [9.17, 15) is 0 Å². The summed E-state index contributed by atoms with van der Waals surface area (Å²) in [5.41, 5.74) is 0. The van der Waals surface area contributed by atoms with Gasteiger partial charge in [-0.1, -0.05) is 6.07 Å². The van der Waals surface area contributed by atoms with Crippen molar-refractivity contribution in [3.05, 3.63) is 18.2 Å². The van der Waals surface area contributed by atoms with E-state index >= 15 is 0 Å². The minimum absolute atomic E-state index is 0.481. The number of hydrogen-bond donors (Lipinski definition) is 0. The van der Waals surface area contributed by atoms with Crippen LogP contribution in [0.15, 0.2) is 28.0 Å². The van der Waals surface area contributed by atoms with Gasteiger partial charge in [0.25, 0.3) is 0 Å². The van der Waals surface area contributed by atoms with Gasteiger partial charge < -0.3 is 4.74 Å². The van der Waals surface area contributed by atoms with E-state index in [4.69, 9.17) is 4.74 Å². The maximum absolute atomic E-state index is 5.93. The van der Waals surface area contributed by atoms with Crippen molar-refractivity contribution < 1.29 is 4.74 Å². The van der Waals surface area contributed by atoms with Crippen LogP contribution in [0.1, 0.15) is 12.8 Å². The summed E-state index contributed by atoms with van der Waals surface area (Å²) in [7, 11) is 0. The second kappa shape index (κ2) is 4.49. The zero-order valence-corrected chi connectivity index (χ0v) is 10.1. The van der Waals surface area contributed by atoms with E-state index in [0.717, 1.165) is 5.75 Å². The van der Waals surface area contributed by atoms with E-state index in [-0.39, 0.29) is 0 Å². The van der Waals surface area contributed by atoms with Crippen LogP contribution in [0.5, 0.6) is 5.75 Å². The lowest BCUT2D eigenvalue weighted by Crippen LogP contribution is -1.98. The van der Waals surface area contributed by atoms with Gasteiger partial charge in [0.2, 0.25) is 0 Å². The average molecular weight is 226 g/mol. The van der Waals surface area contributed by atoms with Crippen molar-refractivity contribution in [2.75, 3.05) is 12.5 Å². The SMILES string of the molecule is CSc1cccc(SC)c1OC1CC1. The fraction of sp³-hybridized carbons (Fsp3) is 0.455. The van der Waals surface area contributed by atoms with Gasteiger partial charge in [-0.2, -0.15) is 0 Å². The smallest absolute Gasteiger partial charge is 0.146 e. The molecule has 2 rings (SSSR count). The molecule has 0 atom stereocenters. The first-order chi connectivity index (χ1) is 6.85. The molecular formula is C11H14OS2. The van der Waals surface area contributed by atoms with Gasteiger partial charge in [0, 0.05) is 0 Å². The van der Waals surface area contributed by atoms with Gasteiger partial charge in [-0.3, -0.25) is 0 Å². The summed E-state index contributed by atoms with van der Waals surface area (Å²) in [5, 5.41) is 0. The zero-order valence-electron chi connectivity index (χ0n) is 8.45. The van der Waals surface area contributed by atoms with Gasteiger partial charge in [-0.25, -0.2) is 0 Å². The lowest BCUT2D eigenvalue weighted by Gasteiger charge is -2.12. The predicted octanol–water partition coefficient (Wildman–Crippen LogP) is 3.67. The van der Waals surface area contributed by atoms with Gasteiger partial charge in [0.15, 0.2) is 0 Å². The Kier molecular flexibility index (Phi) is 3.29. The van der Waals surface area contributed by atoms with E-state index in [0.29, 0.717) is 6.10 Å². The Morgan fingerprint density at radius 2 is 1.71 bits per heavy atom. The molecule has 0 aliphatic heterocycles. The Hall–Kier alpha value is -0.280. The third-order valence-corrected chi connectivity index (χ3v) is 3.71. The fourth-order valence-corrected chi connectivity index (χ4v) is 2.47. The summed E-state index contributed by atoms with van der Waals surface area (Å²) in [6.45, 7) is 0. The first kappa shape index (κ1) is 10.2.